The molecule has 2 aromatic carbocycles. The second-order valence-electron chi connectivity index (χ2n) is 9.16. The van der Waals surface area contributed by atoms with Crippen LogP contribution < -0.4 is 10.0 Å². The Bertz CT molecular complexity index is 1430. The number of hydrogen-bond donors (Lipinski definition) is 2. The van der Waals surface area contributed by atoms with Crippen LogP contribution in [0.3, 0.4) is 0 Å². The third-order valence-electron chi connectivity index (χ3n) is 6.80. The average molecular weight is 508 g/mol. The van der Waals surface area contributed by atoms with Crippen molar-refractivity contribution in [2.75, 3.05) is 12.4 Å². The highest BCUT2D eigenvalue weighted by atomic mass is 32.2. The summed E-state index contributed by atoms with van der Waals surface area (Å²) < 4.78 is 36.9. The van der Waals surface area contributed by atoms with Crippen LogP contribution in [0.1, 0.15) is 46.9 Å². The zero-order valence-electron chi connectivity index (χ0n) is 20.6. The second-order valence-corrected chi connectivity index (χ2v) is 11.3. The largest absolute Gasteiger partial charge is 0.345 e. The van der Waals surface area contributed by atoms with Gasteiger partial charge in [-0.3, -0.25) is 4.79 Å². The number of aromatic nitrogens is 1. The zero-order valence-corrected chi connectivity index (χ0v) is 21.4. The molecular weight excluding hydrogens is 477 g/mol. The highest BCUT2D eigenvalue weighted by Gasteiger charge is 2.33. The number of aryl methyl sites for hydroxylation is 2. The van der Waals surface area contributed by atoms with Crippen molar-refractivity contribution in [2.24, 2.45) is 17.3 Å². The predicted octanol–water partition coefficient (Wildman–Crippen LogP) is 4.83. The van der Waals surface area contributed by atoms with E-state index in [1.54, 1.807) is 23.9 Å². The summed E-state index contributed by atoms with van der Waals surface area (Å²) in [6, 6.07) is 15.9. The molecule has 0 bridgehead atoms. The minimum Gasteiger partial charge on any atom is -0.345 e. The van der Waals surface area contributed by atoms with Crippen molar-refractivity contribution in [3.8, 4) is 6.07 Å². The number of anilines is 1. The number of amides is 1. The van der Waals surface area contributed by atoms with Gasteiger partial charge in [-0.2, -0.15) is 5.26 Å². The van der Waals surface area contributed by atoms with E-state index in [0.717, 1.165) is 18.9 Å². The van der Waals surface area contributed by atoms with E-state index >= 15 is 0 Å². The van der Waals surface area contributed by atoms with Crippen LogP contribution in [0, 0.1) is 23.1 Å². The summed E-state index contributed by atoms with van der Waals surface area (Å²) in [5.41, 5.74) is 2.50. The number of hydrogen-bond acceptors (Lipinski definition) is 4. The van der Waals surface area contributed by atoms with E-state index in [1.807, 2.05) is 18.2 Å². The molecule has 7 nitrogen and oxygen atoms in total. The van der Waals surface area contributed by atoms with Crippen molar-refractivity contribution in [3.63, 3.8) is 0 Å². The molecule has 9 heteroatoms. The van der Waals surface area contributed by atoms with Crippen LogP contribution in [0.15, 0.2) is 64.0 Å². The molecule has 4 rings (SSSR count). The number of fused-ring (bicyclic) bond motifs is 1. The monoisotopic (exact) mass is 507 g/mol. The van der Waals surface area contributed by atoms with Gasteiger partial charge in [-0.25, -0.2) is 17.7 Å². The quantitative estimate of drug-likeness (QED) is 0.500. The maximum absolute atomic E-state index is 14.0. The zero-order chi connectivity index (χ0) is 25.9. The van der Waals surface area contributed by atoms with Crippen molar-refractivity contribution in [2.45, 2.75) is 43.5 Å². The molecule has 1 aliphatic rings. The van der Waals surface area contributed by atoms with Gasteiger partial charge in [0.2, 0.25) is 0 Å². The van der Waals surface area contributed by atoms with Gasteiger partial charge in [-0.15, -0.1) is 0 Å². The molecule has 0 spiro atoms. The SMILES string of the molecule is CN=S1(=O)NC(C(C)CCc2ccccc2)CCc2c1cn(C)c2C(=O)Nc1ccc(F)c(C#N)c1. The van der Waals surface area contributed by atoms with Crippen molar-refractivity contribution < 1.29 is 13.4 Å². The Morgan fingerprint density at radius 2 is 2.08 bits per heavy atom. The van der Waals surface area contributed by atoms with Crippen LogP contribution in [-0.4, -0.2) is 27.8 Å². The summed E-state index contributed by atoms with van der Waals surface area (Å²) in [6.07, 6.45) is 4.82. The number of halogens is 1. The molecule has 0 fully saturated rings. The van der Waals surface area contributed by atoms with E-state index in [4.69, 9.17) is 5.26 Å². The molecule has 0 saturated carbocycles. The van der Waals surface area contributed by atoms with Crippen molar-refractivity contribution >= 4 is 21.5 Å². The third-order valence-corrected chi connectivity index (χ3v) is 8.88. The minimum atomic E-state index is -2.94. The lowest BCUT2D eigenvalue weighted by molar-refractivity contribution is 0.101. The number of nitriles is 1. The molecule has 2 N–H and O–H groups in total. The van der Waals surface area contributed by atoms with Crippen molar-refractivity contribution in [1.82, 2.24) is 9.29 Å². The van der Waals surface area contributed by atoms with Gasteiger partial charge in [-0.1, -0.05) is 37.3 Å². The summed E-state index contributed by atoms with van der Waals surface area (Å²) in [7, 11) is 0.315. The normalized spacial score (nSPS) is 20.0. The molecule has 188 valence electrons. The van der Waals surface area contributed by atoms with E-state index in [1.165, 1.54) is 24.7 Å². The van der Waals surface area contributed by atoms with Crippen molar-refractivity contribution in [3.05, 3.63) is 82.9 Å². The fourth-order valence-electron chi connectivity index (χ4n) is 4.72. The first-order valence-electron chi connectivity index (χ1n) is 11.9. The Labute approximate surface area is 211 Å². The molecule has 1 aliphatic heterocycles. The summed E-state index contributed by atoms with van der Waals surface area (Å²) in [6.45, 7) is 2.15. The van der Waals surface area contributed by atoms with Crippen LogP contribution in [0.2, 0.25) is 0 Å². The third kappa shape index (κ3) is 5.20. The molecule has 1 aromatic heterocycles. The molecular formula is C27H30FN5O2S. The molecule has 0 aliphatic carbocycles. The average Bonchev–Trinajstić information content (AvgIpc) is 3.16. The van der Waals surface area contributed by atoms with Crippen molar-refractivity contribution in [1.29, 1.82) is 5.26 Å². The van der Waals surface area contributed by atoms with Gasteiger partial charge in [0.1, 0.15) is 27.5 Å². The Balaban J connectivity index is 1.58. The van der Waals surface area contributed by atoms with E-state index in [9.17, 15) is 13.4 Å². The molecule has 36 heavy (non-hydrogen) atoms. The molecule has 1 amide bonds. The number of carbonyl (C=O) groups is 1. The number of nitrogens with zero attached hydrogens (tertiary/aromatic N) is 3. The predicted molar refractivity (Wildman–Crippen MR) is 138 cm³/mol. The number of benzene rings is 2. The molecule has 3 unspecified atom stereocenters. The molecule has 0 saturated heterocycles. The van der Waals surface area contributed by atoms with Crippen LogP contribution >= 0.6 is 0 Å². The second kappa shape index (κ2) is 10.6. The number of carbonyl (C=O) groups excluding carboxylic acids is 1. The molecule has 0 radical (unpaired) electrons. The summed E-state index contributed by atoms with van der Waals surface area (Å²) in [4.78, 5) is 13.8. The Kier molecular flexibility index (Phi) is 7.57. The Hall–Kier alpha value is -3.48. The summed E-state index contributed by atoms with van der Waals surface area (Å²) >= 11 is 0. The fourth-order valence-corrected chi connectivity index (χ4v) is 6.75. The maximum Gasteiger partial charge on any atom is 0.272 e. The van der Waals surface area contributed by atoms with E-state index in [2.05, 4.69) is 33.5 Å². The lowest BCUT2D eigenvalue weighted by atomic mass is 9.91. The van der Waals surface area contributed by atoms with E-state index < -0.39 is 21.6 Å². The van der Waals surface area contributed by atoms with Gasteiger partial charge in [0.25, 0.3) is 5.91 Å². The first-order chi connectivity index (χ1) is 17.3. The van der Waals surface area contributed by atoms with Crippen LogP contribution in [0.4, 0.5) is 10.1 Å². The highest BCUT2D eigenvalue weighted by Crippen LogP contribution is 2.31. The maximum atomic E-state index is 14.0. The summed E-state index contributed by atoms with van der Waals surface area (Å²) in [5.74, 6) is -0.819. The Morgan fingerprint density at radius 1 is 1.33 bits per heavy atom. The van der Waals surface area contributed by atoms with Crippen LogP contribution in [0.5, 0.6) is 0 Å². The van der Waals surface area contributed by atoms with Gasteiger partial charge in [0.05, 0.1) is 10.5 Å². The van der Waals surface area contributed by atoms with E-state index in [-0.39, 0.29) is 17.5 Å². The standard InChI is InChI=1S/C27H30FN5O2S/c1-18(9-10-19-7-5-4-6-8-19)24-14-12-22-25(36(35,30-2)32-24)17-33(3)26(22)27(34)31-21-11-13-23(28)20(15-21)16-29/h4-8,11,13,15,17-18,24H,9-10,12,14H2,1-3H3,(H,31,34)(H,30,32,35). The molecule has 3 atom stereocenters. The Morgan fingerprint density at radius 3 is 2.78 bits per heavy atom. The fraction of sp³-hybridized carbons (Fsp3) is 0.333. The van der Waals surface area contributed by atoms with Crippen LogP contribution in [-0.2, 0) is 29.8 Å². The lowest BCUT2D eigenvalue weighted by Gasteiger charge is -2.24. The molecule has 3 aromatic rings. The first-order valence-corrected chi connectivity index (χ1v) is 13.4. The van der Waals surface area contributed by atoms with Gasteiger partial charge >= 0.3 is 0 Å². The minimum absolute atomic E-state index is 0.0335. The number of rotatable bonds is 6. The van der Waals surface area contributed by atoms with Gasteiger partial charge in [-0.05, 0) is 55.4 Å². The topological polar surface area (TPSA) is 99.3 Å². The number of nitrogens with one attached hydrogen (secondary N) is 2. The highest BCUT2D eigenvalue weighted by molar-refractivity contribution is 7.91. The van der Waals surface area contributed by atoms with Gasteiger partial charge in [0.15, 0.2) is 0 Å². The van der Waals surface area contributed by atoms with E-state index in [0.29, 0.717) is 34.7 Å². The summed E-state index contributed by atoms with van der Waals surface area (Å²) in [5, 5.41) is 11.8. The van der Waals surface area contributed by atoms with Crippen LogP contribution in [0.25, 0.3) is 0 Å². The van der Waals surface area contributed by atoms with Gasteiger partial charge in [0, 0.05) is 37.6 Å². The van der Waals surface area contributed by atoms with Gasteiger partial charge < -0.3 is 9.88 Å². The molecule has 2 heterocycles. The lowest BCUT2D eigenvalue weighted by Crippen LogP contribution is -2.38. The smallest absolute Gasteiger partial charge is 0.272 e. The first kappa shape index (κ1) is 25.6.